The molecule has 16 heteroatoms. The standard InChI is InChI=1S/C21H38N10O6/c22-6-2-1-5-14(18(34)31-16(10-32)20(36)37)29-19(35)15(8-12-9-26-11-28-12)30-17(33)13(23)4-3-7-27-21(24)25/h9,11,13-16,32H,1-8,10,22-23H2,(H,26,28)(H,29,35)(H,30,33)(H,31,34)(H,36,37)(H4,24,25,27). The van der Waals surface area contributed by atoms with E-state index >= 15 is 0 Å². The lowest BCUT2D eigenvalue weighted by atomic mass is 10.1. The Labute approximate surface area is 214 Å². The van der Waals surface area contributed by atoms with Crippen molar-refractivity contribution in [3.63, 3.8) is 0 Å². The van der Waals surface area contributed by atoms with Crippen molar-refractivity contribution in [3.05, 3.63) is 18.2 Å². The number of carboxylic acid groups (broad SMARTS) is 1. The lowest BCUT2D eigenvalue weighted by Gasteiger charge is -2.25. The summed E-state index contributed by atoms with van der Waals surface area (Å²) in [6, 6.07) is -4.76. The number of aliphatic hydroxyl groups excluding tert-OH is 1. The van der Waals surface area contributed by atoms with Crippen LogP contribution in [0.4, 0.5) is 0 Å². The number of rotatable bonds is 18. The number of guanidine groups is 1. The second-order valence-corrected chi connectivity index (χ2v) is 8.33. The van der Waals surface area contributed by atoms with Crippen LogP contribution in [0.2, 0.25) is 0 Å². The maximum atomic E-state index is 13.2. The maximum Gasteiger partial charge on any atom is 0.328 e. The van der Waals surface area contributed by atoms with Crippen LogP contribution in [0.3, 0.4) is 0 Å². The number of carbonyl (C=O) groups is 4. The molecule has 0 aliphatic carbocycles. The minimum atomic E-state index is -1.54. The third-order valence-electron chi connectivity index (χ3n) is 5.29. The number of aliphatic hydroxyl groups is 1. The minimum Gasteiger partial charge on any atom is -0.480 e. The molecule has 0 aromatic carbocycles. The number of aliphatic carboxylic acids is 1. The first-order valence-corrected chi connectivity index (χ1v) is 11.8. The van der Waals surface area contributed by atoms with Gasteiger partial charge in [-0.05, 0) is 38.6 Å². The Balaban J connectivity index is 2.96. The van der Waals surface area contributed by atoms with E-state index in [0.29, 0.717) is 31.5 Å². The Bertz CT molecular complexity index is 890. The van der Waals surface area contributed by atoms with Crippen molar-refractivity contribution >= 4 is 29.7 Å². The molecule has 4 unspecified atom stereocenters. The monoisotopic (exact) mass is 526 g/mol. The summed E-state index contributed by atoms with van der Waals surface area (Å²) < 4.78 is 0. The van der Waals surface area contributed by atoms with Gasteiger partial charge in [-0.3, -0.25) is 19.4 Å². The van der Waals surface area contributed by atoms with E-state index in [9.17, 15) is 24.3 Å². The SMILES string of the molecule is NCCCCC(NC(=O)C(Cc1cnc[nH]1)NC(=O)C(N)CCCN=C(N)N)C(=O)NC(CO)C(=O)O. The van der Waals surface area contributed by atoms with E-state index in [2.05, 4.69) is 30.9 Å². The molecule has 0 saturated carbocycles. The van der Waals surface area contributed by atoms with Gasteiger partial charge in [0, 0.05) is 24.9 Å². The highest BCUT2D eigenvalue weighted by Gasteiger charge is 2.30. The second-order valence-electron chi connectivity index (χ2n) is 8.33. The van der Waals surface area contributed by atoms with E-state index < -0.39 is 54.5 Å². The molecular weight excluding hydrogens is 488 g/mol. The molecular formula is C21H38N10O6. The van der Waals surface area contributed by atoms with Crippen LogP contribution in [0, 0.1) is 0 Å². The fourth-order valence-corrected chi connectivity index (χ4v) is 3.25. The van der Waals surface area contributed by atoms with Gasteiger partial charge in [-0.1, -0.05) is 0 Å². The summed E-state index contributed by atoms with van der Waals surface area (Å²) in [5.41, 5.74) is 22.5. The number of aromatic nitrogens is 2. The highest BCUT2D eigenvalue weighted by atomic mass is 16.4. The molecule has 4 atom stereocenters. The molecule has 208 valence electrons. The molecule has 1 aromatic heterocycles. The smallest absolute Gasteiger partial charge is 0.328 e. The minimum absolute atomic E-state index is 0.0177. The van der Waals surface area contributed by atoms with Crippen molar-refractivity contribution in [2.75, 3.05) is 19.7 Å². The zero-order chi connectivity index (χ0) is 27.8. The number of imidazole rings is 1. The van der Waals surface area contributed by atoms with E-state index in [0.717, 1.165) is 0 Å². The Morgan fingerprint density at radius 2 is 1.62 bits per heavy atom. The Morgan fingerprint density at radius 3 is 2.19 bits per heavy atom. The average molecular weight is 527 g/mol. The molecule has 0 saturated heterocycles. The van der Waals surface area contributed by atoms with Crippen LogP contribution in [0.5, 0.6) is 0 Å². The van der Waals surface area contributed by atoms with Crippen molar-refractivity contribution in [2.24, 2.45) is 27.9 Å². The lowest BCUT2D eigenvalue weighted by molar-refractivity contribution is -0.143. The van der Waals surface area contributed by atoms with Gasteiger partial charge in [-0.2, -0.15) is 0 Å². The highest BCUT2D eigenvalue weighted by Crippen LogP contribution is 2.06. The van der Waals surface area contributed by atoms with Crippen LogP contribution in [-0.4, -0.2) is 93.7 Å². The van der Waals surface area contributed by atoms with Gasteiger partial charge in [-0.25, -0.2) is 9.78 Å². The number of hydrogen-bond donors (Lipinski definition) is 10. The Morgan fingerprint density at radius 1 is 0.973 bits per heavy atom. The first kappa shape index (κ1) is 31.3. The number of carboxylic acids is 1. The van der Waals surface area contributed by atoms with E-state index in [4.69, 9.17) is 28.0 Å². The quantitative estimate of drug-likeness (QED) is 0.0499. The number of nitrogens with one attached hydrogen (secondary N) is 4. The predicted octanol–water partition coefficient (Wildman–Crippen LogP) is -4.01. The van der Waals surface area contributed by atoms with Crippen molar-refractivity contribution < 1.29 is 29.4 Å². The number of nitrogens with two attached hydrogens (primary N) is 4. The largest absolute Gasteiger partial charge is 0.480 e. The van der Waals surface area contributed by atoms with Gasteiger partial charge in [0.1, 0.15) is 18.1 Å². The molecule has 1 heterocycles. The number of amides is 3. The fourth-order valence-electron chi connectivity index (χ4n) is 3.25. The molecule has 37 heavy (non-hydrogen) atoms. The number of aromatic amines is 1. The lowest BCUT2D eigenvalue weighted by Crippen LogP contribution is -2.58. The van der Waals surface area contributed by atoms with Crippen LogP contribution >= 0.6 is 0 Å². The van der Waals surface area contributed by atoms with Crippen LogP contribution in [0.25, 0.3) is 0 Å². The maximum absolute atomic E-state index is 13.2. The number of nitrogens with zero attached hydrogens (tertiary/aromatic N) is 2. The van der Waals surface area contributed by atoms with Crippen LogP contribution in [-0.2, 0) is 25.6 Å². The van der Waals surface area contributed by atoms with E-state index in [1.165, 1.54) is 12.5 Å². The van der Waals surface area contributed by atoms with Crippen molar-refractivity contribution in [1.82, 2.24) is 25.9 Å². The summed E-state index contributed by atoms with van der Waals surface area (Å²) in [7, 11) is 0. The van der Waals surface area contributed by atoms with Crippen molar-refractivity contribution in [2.45, 2.75) is 62.7 Å². The van der Waals surface area contributed by atoms with Gasteiger partial charge in [0.05, 0.1) is 19.0 Å². The molecule has 0 bridgehead atoms. The first-order valence-electron chi connectivity index (χ1n) is 11.8. The van der Waals surface area contributed by atoms with Gasteiger partial charge in [0.2, 0.25) is 17.7 Å². The molecule has 0 radical (unpaired) electrons. The van der Waals surface area contributed by atoms with E-state index in [1.54, 1.807) is 0 Å². The number of carbonyl (C=O) groups excluding carboxylic acids is 3. The fraction of sp³-hybridized carbons (Fsp3) is 0.619. The highest BCUT2D eigenvalue weighted by molar-refractivity contribution is 5.94. The van der Waals surface area contributed by atoms with Crippen LogP contribution in [0.1, 0.15) is 37.8 Å². The number of H-pyrrole nitrogens is 1. The van der Waals surface area contributed by atoms with Gasteiger partial charge < -0.3 is 54.1 Å². The summed E-state index contributed by atoms with van der Waals surface area (Å²) in [6.07, 6.45) is 4.77. The molecule has 14 N–H and O–H groups in total. The number of aliphatic imine (C=N–C) groups is 1. The topological polar surface area (TPSA) is 290 Å². The Kier molecular flexibility index (Phi) is 14.2. The van der Waals surface area contributed by atoms with E-state index in [1.807, 2.05) is 0 Å². The first-order chi connectivity index (χ1) is 17.6. The average Bonchev–Trinajstić information content (AvgIpc) is 3.36. The number of hydrogen-bond acceptors (Lipinski definition) is 9. The summed E-state index contributed by atoms with van der Waals surface area (Å²) in [6.45, 7) is -0.188. The molecule has 3 amide bonds. The second kappa shape index (κ2) is 16.8. The predicted molar refractivity (Wildman–Crippen MR) is 134 cm³/mol. The van der Waals surface area contributed by atoms with Crippen molar-refractivity contribution in [3.8, 4) is 0 Å². The van der Waals surface area contributed by atoms with Gasteiger partial charge in [0.25, 0.3) is 0 Å². The summed E-state index contributed by atoms with van der Waals surface area (Å²) in [5, 5.41) is 25.7. The Hall–Kier alpha value is -3.76. The van der Waals surface area contributed by atoms with Gasteiger partial charge >= 0.3 is 5.97 Å². The summed E-state index contributed by atoms with van der Waals surface area (Å²) in [4.78, 5) is 60.4. The third kappa shape index (κ3) is 12.2. The molecule has 0 aliphatic rings. The summed E-state index contributed by atoms with van der Waals surface area (Å²) in [5.74, 6) is -3.59. The third-order valence-corrected chi connectivity index (χ3v) is 5.29. The molecule has 1 rings (SSSR count). The van der Waals surface area contributed by atoms with E-state index in [-0.39, 0.29) is 31.8 Å². The van der Waals surface area contributed by atoms with Crippen LogP contribution < -0.4 is 38.9 Å². The zero-order valence-corrected chi connectivity index (χ0v) is 20.6. The van der Waals surface area contributed by atoms with Gasteiger partial charge in [0.15, 0.2) is 5.96 Å². The molecule has 0 aliphatic heterocycles. The molecule has 16 nitrogen and oxygen atoms in total. The summed E-state index contributed by atoms with van der Waals surface area (Å²) >= 11 is 0. The van der Waals surface area contributed by atoms with Crippen LogP contribution in [0.15, 0.2) is 17.5 Å². The van der Waals surface area contributed by atoms with Crippen molar-refractivity contribution in [1.29, 1.82) is 0 Å². The van der Waals surface area contributed by atoms with Gasteiger partial charge in [-0.15, -0.1) is 0 Å². The molecule has 0 spiro atoms. The normalized spacial score (nSPS) is 14.0. The zero-order valence-electron chi connectivity index (χ0n) is 20.6. The molecule has 0 fully saturated rings. The molecule has 1 aromatic rings. The number of unbranched alkanes of at least 4 members (excludes halogenated alkanes) is 1.